The highest BCUT2D eigenvalue weighted by Gasteiger charge is 2.17. The number of carbonyl (C=O) groups is 1. The third-order valence-electron chi connectivity index (χ3n) is 1.38. The molecule has 6 heteroatoms. The summed E-state index contributed by atoms with van der Waals surface area (Å²) in [4.78, 5) is 11.0. The highest BCUT2D eigenvalue weighted by atomic mass is 32.2. The third-order valence-corrected chi connectivity index (χ3v) is 2.36. The van der Waals surface area contributed by atoms with Gasteiger partial charge in [-0.25, -0.2) is 8.42 Å². The van der Waals surface area contributed by atoms with Crippen molar-refractivity contribution < 1.29 is 13.2 Å². The predicted octanol–water partition coefficient (Wildman–Crippen LogP) is -0.653. The first-order chi connectivity index (χ1) is 5.25. The van der Waals surface area contributed by atoms with Gasteiger partial charge in [-0.3, -0.25) is 10.6 Å². The summed E-state index contributed by atoms with van der Waals surface area (Å²) in [7, 11) is -3.44. The summed E-state index contributed by atoms with van der Waals surface area (Å²) in [6, 6.07) is 0. The minimum Gasteiger partial charge on any atom is -0.298 e. The molecular formula is C6H14N2O3S. The van der Waals surface area contributed by atoms with Crippen LogP contribution in [0.5, 0.6) is 0 Å². The fourth-order valence-corrected chi connectivity index (χ4v) is 0.815. The predicted molar refractivity (Wildman–Crippen MR) is 45.6 cm³/mol. The molecule has 0 saturated heterocycles. The summed E-state index contributed by atoms with van der Waals surface area (Å²) < 4.78 is 22.0. The number of hydrogen-bond acceptors (Lipinski definition) is 4. The van der Waals surface area contributed by atoms with Crippen LogP contribution in [0, 0.1) is 5.92 Å². The second-order valence-corrected chi connectivity index (χ2v) is 4.86. The van der Waals surface area contributed by atoms with Gasteiger partial charge in [0.15, 0.2) is 5.78 Å². The monoisotopic (exact) mass is 194 g/mol. The van der Waals surface area contributed by atoms with E-state index < -0.39 is 10.0 Å². The fraction of sp³-hybridized carbons (Fsp3) is 0.833. The molecular weight excluding hydrogens is 180 g/mol. The summed E-state index contributed by atoms with van der Waals surface area (Å²) in [5, 5.41) is 0. The Morgan fingerprint density at radius 2 is 1.92 bits per heavy atom. The first-order valence-corrected chi connectivity index (χ1v) is 5.35. The third kappa shape index (κ3) is 3.80. The maximum atomic E-state index is 11.0. The van der Waals surface area contributed by atoms with Crippen molar-refractivity contribution in [1.82, 2.24) is 4.41 Å². The number of hydrazine groups is 1. The number of nitrogens with zero attached hydrogens (tertiary/aromatic N) is 1. The lowest BCUT2D eigenvalue weighted by molar-refractivity contribution is -0.122. The van der Waals surface area contributed by atoms with Crippen molar-refractivity contribution >= 4 is 15.8 Å². The van der Waals surface area contributed by atoms with Crippen molar-refractivity contribution in [3.05, 3.63) is 0 Å². The van der Waals surface area contributed by atoms with E-state index in [2.05, 4.69) is 0 Å². The van der Waals surface area contributed by atoms with Crippen LogP contribution in [0.25, 0.3) is 0 Å². The van der Waals surface area contributed by atoms with E-state index >= 15 is 0 Å². The SMILES string of the molecule is CC(C)C(=O)CN(N)S(C)(=O)=O. The molecule has 0 aromatic carbocycles. The van der Waals surface area contributed by atoms with Gasteiger partial charge in [-0.15, -0.1) is 4.41 Å². The van der Waals surface area contributed by atoms with Gasteiger partial charge >= 0.3 is 0 Å². The number of hydrogen-bond donors (Lipinski definition) is 1. The molecule has 0 aliphatic heterocycles. The quantitative estimate of drug-likeness (QED) is 0.476. The Labute approximate surface area is 72.6 Å². The van der Waals surface area contributed by atoms with Crippen molar-refractivity contribution in [1.29, 1.82) is 0 Å². The average Bonchev–Trinajstić information content (AvgIpc) is 1.85. The van der Waals surface area contributed by atoms with Crippen LogP contribution in [0.4, 0.5) is 0 Å². The van der Waals surface area contributed by atoms with Gasteiger partial charge in [-0.05, 0) is 0 Å². The molecule has 0 fully saturated rings. The molecule has 0 rings (SSSR count). The van der Waals surface area contributed by atoms with Gasteiger partial charge in [0.25, 0.3) is 0 Å². The molecule has 0 saturated carbocycles. The molecule has 0 aliphatic carbocycles. The molecule has 72 valence electrons. The number of rotatable bonds is 4. The van der Waals surface area contributed by atoms with Gasteiger partial charge < -0.3 is 0 Å². The molecule has 2 N–H and O–H groups in total. The number of Topliss-reactive ketones (excluding diaryl/α,β-unsaturated/α-hetero) is 1. The fourth-order valence-electron chi connectivity index (χ4n) is 0.453. The standard InChI is InChI=1S/C6H14N2O3S/c1-5(2)6(9)4-8(7)12(3,10)11/h5H,4,7H2,1-3H3. The molecule has 0 aromatic heterocycles. The van der Waals surface area contributed by atoms with Gasteiger partial charge in [-0.2, -0.15) is 0 Å². The largest absolute Gasteiger partial charge is 0.298 e. The smallest absolute Gasteiger partial charge is 0.224 e. The highest BCUT2D eigenvalue weighted by Crippen LogP contribution is 1.97. The minimum atomic E-state index is -3.44. The zero-order valence-electron chi connectivity index (χ0n) is 7.44. The summed E-state index contributed by atoms with van der Waals surface area (Å²) in [6.45, 7) is 3.13. The lowest BCUT2D eigenvalue weighted by Gasteiger charge is -2.13. The second kappa shape index (κ2) is 3.97. The van der Waals surface area contributed by atoms with Crippen molar-refractivity contribution in [2.24, 2.45) is 11.8 Å². The van der Waals surface area contributed by atoms with Crippen molar-refractivity contribution in [2.45, 2.75) is 13.8 Å². The topological polar surface area (TPSA) is 80.5 Å². The lowest BCUT2D eigenvalue weighted by Crippen LogP contribution is -2.41. The number of carbonyl (C=O) groups excluding carboxylic acids is 1. The van der Waals surface area contributed by atoms with E-state index in [9.17, 15) is 13.2 Å². The first-order valence-electron chi connectivity index (χ1n) is 3.50. The van der Waals surface area contributed by atoms with Crippen molar-refractivity contribution in [3.63, 3.8) is 0 Å². The molecule has 0 spiro atoms. The molecule has 0 heterocycles. The Kier molecular flexibility index (Phi) is 3.82. The zero-order valence-corrected chi connectivity index (χ0v) is 8.26. The van der Waals surface area contributed by atoms with E-state index in [1.54, 1.807) is 13.8 Å². The van der Waals surface area contributed by atoms with Crippen LogP contribution in [0.1, 0.15) is 13.8 Å². The number of ketones is 1. The molecule has 5 nitrogen and oxygen atoms in total. The van der Waals surface area contributed by atoms with E-state index in [1.807, 2.05) is 0 Å². The number of nitrogens with two attached hydrogens (primary N) is 1. The molecule has 0 aromatic rings. The first kappa shape index (κ1) is 11.5. The van der Waals surface area contributed by atoms with Crippen LogP contribution >= 0.6 is 0 Å². The van der Waals surface area contributed by atoms with Crippen LogP contribution in [0.15, 0.2) is 0 Å². The van der Waals surface area contributed by atoms with Gasteiger partial charge in [-0.1, -0.05) is 13.8 Å². The Balaban J connectivity index is 4.21. The van der Waals surface area contributed by atoms with Gasteiger partial charge in [0.05, 0.1) is 12.8 Å². The van der Waals surface area contributed by atoms with Crippen LogP contribution in [0.2, 0.25) is 0 Å². The van der Waals surface area contributed by atoms with Crippen molar-refractivity contribution in [2.75, 3.05) is 12.8 Å². The Hall–Kier alpha value is -0.460. The van der Waals surface area contributed by atoms with Crippen LogP contribution in [-0.4, -0.2) is 31.4 Å². The maximum Gasteiger partial charge on any atom is 0.224 e. The molecule has 0 aliphatic rings. The highest BCUT2D eigenvalue weighted by molar-refractivity contribution is 7.88. The van der Waals surface area contributed by atoms with Gasteiger partial charge in [0, 0.05) is 5.92 Å². The van der Waals surface area contributed by atoms with Crippen molar-refractivity contribution in [3.8, 4) is 0 Å². The minimum absolute atomic E-state index is 0.192. The summed E-state index contributed by atoms with van der Waals surface area (Å²) in [5.41, 5.74) is 0. The van der Waals surface area contributed by atoms with Gasteiger partial charge in [0.2, 0.25) is 10.0 Å². The zero-order chi connectivity index (χ0) is 9.94. The van der Waals surface area contributed by atoms with E-state index in [0.717, 1.165) is 6.26 Å². The second-order valence-electron chi connectivity index (χ2n) is 2.93. The Morgan fingerprint density at radius 1 is 1.50 bits per heavy atom. The Bertz CT molecular complexity index is 258. The average molecular weight is 194 g/mol. The summed E-state index contributed by atoms with van der Waals surface area (Å²) >= 11 is 0. The molecule has 0 atom stereocenters. The molecule has 12 heavy (non-hydrogen) atoms. The molecule has 0 radical (unpaired) electrons. The molecule has 0 bridgehead atoms. The maximum absolute atomic E-state index is 11.0. The molecule has 0 amide bonds. The van der Waals surface area contributed by atoms with E-state index in [1.165, 1.54) is 0 Å². The van der Waals surface area contributed by atoms with Crippen LogP contribution < -0.4 is 5.84 Å². The van der Waals surface area contributed by atoms with E-state index in [4.69, 9.17) is 5.84 Å². The Morgan fingerprint density at radius 3 is 2.17 bits per heavy atom. The van der Waals surface area contributed by atoms with Crippen LogP contribution in [0.3, 0.4) is 0 Å². The molecule has 0 unspecified atom stereocenters. The van der Waals surface area contributed by atoms with E-state index in [-0.39, 0.29) is 18.2 Å². The van der Waals surface area contributed by atoms with Crippen LogP contribution in [-0.2, 0) is 14.8 Å². The number of sulfonamides is 1. The summed E-state index contributed by atoms with van der Waals surface area (Å²) in [5.74, 6) is 4.73. The normalized spacial score (nSPS) is 12.5. The summed E-state index contributed by atoms with van der Waals surface area (Å²) in [6.07, 6.45) is 0.959. The van der Waals surface area contributed by atoms with E-state index in [0.29, 0.717) is 4.41 Å². The van der Waals surface area contributed by atoms with Gasteiger partial charge in [0.1, 0.15) is 0 Å². The lowest BCUT2D eigenvalue weighted by atomic mass is 10.1.